The fraction of sp³-hybridized carbons (Fsp3) is 0.143. The number of carbonyl (C=O) groups is 1. The number of ketones is 1. The van der Waals surface area contributed by atoms with Crippen molar-refractivity contribution in [3.05, 3.63) is 51.9 Å². The van der Waals surface area contributed by atoms with Gasteiger partial charge in [0.2, 0.25) is 5.78 Å². The van der Waals surface area contributed by atoms with E-state index in [2.05, 4.69) is 9.97 Å². The van der Waals surface area contributed by atoms with Gasteiger partial charge < -0.3 is 10.1 Å². The Bertz CT molecular complexity index is 888. The van der Waals surface area contributed by atoms with Crippen molar-refractivity contribution in [1.82, 2.24) is 9.97 Å². The van der Waals surface area contributed by atoms with Gasteiger partial charge in [0.1, 0.15) is 5.82 Å². The molecule has 1 atom stereocenters. The van der Waals surface area contributed by atoms with Crippen LogP contribution in [0, 0.1) is 5.82 Å². The first kappa shape index (κ1) is 18.4. The molecule has 0 fully saturated rings. The summed E-state index contributed by atoms with van der Waals surface area (Å²) in [5.41, 5.74) is -0.0698. The molecule has 2 aromatic heterocycles. The van der Waals surface area contributed by atoms with E-state index in [0.717, 1.165) is 5.38 Å². The Kier molecular flexibility index (Phi) is 5.02. The zero-order valence-electron chi connectivity index (χ0n) is 11.7. The molecular weight excluding hydrogens is 368 g/mol. The number of thiazole rings is 1. The summed E-state index contributed by atoms with van der Waals surface area (Å²) in [6.07, 6.45) is -6.25. The van der Waals surface area contributed by atoms with Crippen molar-refractivity contribution < 1.29 is 27.5 Å². The van der Waals surface area contributed by atoms with Gasteiger partial charge >= 0.3 is 6.18 Å². The highest BCUT2D eigenvalue weighted by molar-refractivity contribution is 7.59. The molecule has 0 amide bonds. The van der Waals surface area contributed by atoms with Gasteiger partial charge in [0.25, 0.3) is 0 Å². The Morgan fingerprint density at radius 3 is 2.71 bits per heavy atom. The van der Waals surface area contributed by atoms with Crippen molar-refractivity contribution in [3.63, 3.8) is 0 Å². The number of carbonyl (C=O) groups excluding carboxylic acids is 1. The van der Waals surface area contributed by atoms with Crippen LogP contribution in [-0.4, -0.2) is 27.0 Å². The fourth-order valence-corrected chi connectivity index (χ4v) is 2.87. The van der Waals surface area contributed by atoms with E-state index in [9.17, 15) is 22.4 Å². The van der Waals surface area contributed by atoms with Crippen LogP contribution in [0.25, 0.3) is 10.9 Å². The largest absolute Gasteiger partial charge is 0.420 e. The van der Waals surface area contributed by atoms with Crippen molar-refractivity contribution in [2.45, 2.75) is 12.3 Å². The first-order chi connectivity index (χ1) is 10.8. The lowest BCUT2D eigenvalue weighted by atomic mass is 10.1. The number of hydrogen-bond acceptors (Lipinski definition) is 4. The molecule has 0 aliphatic heterocycles. The maximum atomic E-state index is 13.1. The maximum absolute atomic E-state index is 13.1. The van der Waals surface area contributed by atoms with Gasteiger partial charge in [-0.15, -0.1) is 11.3 Å². The predicted molar refractivity (Wildman–Crippen MR) is 85.2 cm³/mol. The van der Waals surface area contributed by atoms with Crippen LogP contribution in [0.1, 0.15) is 27.2 Å². The highest BCUT2D eigenvalue weighted by Gasteiger charge is 2.41. The van der Waals surface area contributed by atoms with Crippen molar-refractivity contribution in [2.75, 3.05) is 0 Å². The van der Waals surface area contributed by atoms with Gasteiger partial charge in [0.15, 0.2) is 11.1 Å². The van der Waals surface area contributed by atoms with Crippen LogP contribution in [-0.2, 0) is 0 Å². The normalized spacial score (nSPS) is 12.9. The second-order valence-corrected chi connectivity index (χ2v) is 5.60. The molecule has 0 unspecified atom stereocenters. The molecule has 10 heteroatoms. The molecule has 3 aromatic rings. The molecule has 0 bridgehead atoms. The number of aromatic nitrogens is 2. The van der Waals surface area contributed by atoms with Crippen LogP contribution in [0.3, 0.4) is 0 Å². The number of aliphatic hydroxyl groups excluding tert-OH is 1. The minimum Gasteiger partial charge on any atom is -0.378 e. The number of hydrogen-bond donors (Lipinski definition) is 2. The topological polar surface area (TPSA) is 66.0 Å². The van der Waals surface area contributed by atoms with Gasteiger partial charge in [-0.25, -0.2) is 9.37 Å². The van der Waals surface area contributed by atoms with E-state index in [0.29, 0.717) is 22.2 Å². The molecule has 0 saturated carbocycles. The van der Waals surface area contributed by atoms with E-state index in [1.54, 1.807) is 0 Å². The molecular formula is C14H10F4N2O2S2. The molecule has 2 heterocycles. The molecule has 1 aromatic carbocycles. The third-order valence-corrected chi connectivity index (χ3v) is 4.05. The second kappa shape index (κ2) is 6.54. The van der Waals surface area contributed by atoms with Crippen LogP contribution in [0.15, 0.2) is 29.8 Å². The van der Waals surface area contributed by atoms with Crippen molar-refractivity contribution in [2.24, 2.45) is 0 Å². The summed E-state index contributed by atoms with van der Waals surface area (Å²) in [5, 5.41) is 10.4. The Balaban J connectivity index is 0.00000208. The molecule has 128 valence electrons. The fourth-order valence-electron chi connectivity index (χ4n) is 2.09. The first-order valence-corrected chi connectivity index (χ1v) is 7.17. The Morgan fingerprint density at radius 1 is 1.33 bits per heavy atom. The average Bonchev–Trinajstić information content (AvgIpc) is 3.11. The molecule has 0 saturated heterocycles. The van der Waals surface area contributed by atoms with E-state index >= 15 is 0 Å². The van der Waals surface area contributed by atoms with E-state index < -0.39 is 29.6 Å². The predicted octanol–water partition coefficient (Wildman–Crippen LogP) is 3.70. The molecule has 0 radical (unpaired) electrons. The molecule has 24 heavy (non-hydrogen) atoms. The van der Waals surface area contributed by atoms with Gasteiger partial charge in [-0.05, 0) is 18.2 Å². The van der Waals surface area contributed by atoms with E-state index in [4.69, 9.17) is 5.11 Å². The highest BCUT2D eigenvalue weighted by Crippen LogP contribution is 2.33. The summed E-state index contributed by atoms with van der Waals surface area (Å²) in [7, 11) is 0. The number of alkyl halides is 3. The van der Waals surface area contributed by atoms with E-state index in [1.807, 2.05) is 0 Å². The summed E-state index contributed by atoms with van der Waals surface area (Å²) in [5.74, 6) is -1.09. The number of nitrogens with one attached hydrogen (secondary N) is 1. The molecule has 2 N–H and O–H groups in total. The number of aliphatic hydroxyl groups is 1. The summed E-state index contributed by atoms with van der Waals surface area (Å²) in [4.78, 5) is 18.7. The van der Waals surface area contributed by atoms with Crippen LogP contribution in [0.4, 0.5) is 17.6 Å². The van der Waals surface area contributed by atoms with E-state index in [-0.39, 0.29) is 24.1 Å². The first-order valence-electron chi connectivity index (χ1n) is 6.29. The highest BCUT2D eigenvalue weighted by atomic mass is 32.1. The summed E-state index contributed by atoms with van der Waals surface area (Å²) in [6.45, 7) is 0. The third-order valence-electron chi connectivity index (χ3n) is 3.19. The number of benzene rings is 1. The number of aromatic amines is 1. The molecule has 0 aliphatic carbocycles. The van der Waals surface area contributed by atoms with Gasteiger partial charge in [-0.3, -0.25) is 4.79 Å². The zero-order valence-corrected chi connectivity index (χ0v) is 13.5. The SMILES string of the molecule is O=C(c1nc([C@H](O)C(F)(F)F)cs1)c1c[nH]c2cc(F)ccc12.S. The van der Waals surface area contributed by atoms with Gasteiger partial charge in [0, 0.05) is 22.5 Å². The number of H-pyrrole nitrogens is 1. The van der Waals surface area contributed by atoms with Crippen molar-refractivity contribution in [1.29, 1.82) is 0 Å². The Morgan fingerprint density at radius 2 is 2.04 bits per heavy atom. The number of halogens is 4. The second-order valence-electron chi connectivity index (χ2n) is 4.74. The third kappa shape index (κ3) is 3.30. The number of nitrogens with zero attached hydrogens (tertiary/aromatic N) is 1. The van der Waals surface area contributed by atoms with Crippen LogP contribution >= 0.6 is 24.8 Å². The lowest BCUT2D eigenvalue weighted by Crippen LogP contribution is -2.20. The maximum Gasteiger partial charge on any atom is 0.420 e. The summed E-state index contributed by atoms with van der Waals surface area (Å²) >= 11 is 0.703. The van der Waals surface area contributed by atoms with E-state index in [1.165, 1.54) is 24.4 Å². The number of rotatable bonds is 3. The standard InChI is InChI=1S/C14H8F4N2O2S.H2S/c15-6-1-2-7-8(4-19-9(7)3-6)11(21)13-20-10(5-23-13)12(22)14(16,17)18;/h1-5,12,19,22H;1H2/t12-;/m0./s1. The molecule has 3 rings (SSSR count). The minimum atomic E-state index is -4.85. The lowest BCUT2D eigenvalue weighted by molar-refractivity contribution is -0.207. The Hall–Kier alpha value is -1.91. The Labute approximate surface area is 143 Å². The van der Waals surface area contributed by atoms with Crippen LogP contribution in [0.5, 0.6) is 0 Å². The number of fused-ring (bicyclic) bond motifs is 1. The minimum absolute atomic E-state index is 0. The smallest absolute Gasteiger partial charge is 0.378 e. The monoisotopic (exact) mass is 378 g/mol. The lowest BCUT2D eigenvalue weighted by Gasteiger charge is -2.11. The molecule has 0 spiro atoms. The summed E-state index contributed by atoms with van der Waals surface area (Å²) < 4.78 is 50.5. The quantitative estimate of drug-likeness (QED) is 0.540. The molecule has 0 aliphatic rings. The van der Waals surface area contributed by atoms with Gasteiger partial charge in [-0.2, -0.15) is 26.7 Å². The summed E-state index contributed by atoms with van der Waals surface area (Å²) in [6, 6.07) is 3.77. The van der Waals surface area contributed by atoms with Crippen molar-refractivity contribution >= 4 is 41.5 Å². The van der Waals surface area contributed by atoms with Gasteiger partial charge in [-0.1, -0.05) is 0 Å². The van der Waals surface area contributed by atoms with Crippen LogP contribution in [0.2, 0.25) is 0 Å². The molecule has 4 nitrogen and oxygen atoms in total. The zero-order chi connectivity index (χ0) is 16.8. The van der Waals surface area contributed by atoms with Gasteiger partial charge in [0.05, 0.1) is 11.3 Å². The average molecular weight is 378 g/mol. The van der Waals surface area contributed by atoms with Crippen LogP contribution < -0.4 is 0 Å². The van der Waals surface area contributed by atoms with Crippen molar-refractivity contribution in [3.8, 4) is 0 Å².